The molecule has 0 radical (unpaired) electrons. The molecule has 0 aliphatic heterocycles. The lowest BCUT2D eigenvalue weighted by molar-refractivity contribution is -0.123. The zero-order valence-electron chi connectivity index (χ0n) is 13.0. The molecule has 0 aliphatic carbocycles. The lowest BCUT2D eigenvalue weighted by Crippen LogP contribution is -2.31. The van der Waals surface area contributed by atoms with Gasteiger partial charge in [0.2, 0.25) is 0 Å². The molecule has 6 nitrogen and oxygen atoms in total. The predicted octanol–water partition coefficient (Wildman–Crippen LogP) is 1.69. The minimum absolute atomic E-state index is 0.0561. The van der Waals surface area contributed by atoms with E-state index in [2.05, 4.69) is 10.3 Å². The van der Waals surface area contributed by atoms with Crippen molar-refractivity contribution in [2.24, 2.45) is 0 Å². The highest BCUT2D eigenvalue weighted by Gasteiger charge is 2.09. The standard InChI is InChI=1S/C16H20N2O4/c1-11-8-15(22-10-16(19)17-6-7-20-2)13-9-12(21-3)4-5-14(13)18-11/h4-5,8-9H,6-7,10H2,1-3H3,(H,17,19). The summed E-state index contributed by atoms with van der Waals surface area (Å²) in [6.07, 6.45) is 0. The number of carbonyl (C=O) groups excluding carboxylic acids is 1. The molecule has 22 heavy (non-hydrogen) atoms. The van der Waals surface area contributed by atoms with Gasteiger partial charge in [-0.3, -0.25) is 9.78 Å². The van der Waals surface area contributed by atoms with Crippen molar-refractivity contribution in [2.75, 3.05) is 34.0 Å². The number of hydrogen-bond donors (Lipinski definition) is 1. The average molecular weight is 304 g/mol. The number of benzene rings is 1. The van der Waals surface area contributed by atoms with Gasteiger partial charge >= 0.3 is 0 Å². The third kappa shape index (κ3) is 4.08. The molecule has 0 spiro atoms. The van der Waals surface area contributed by atoms with Gasteiger partial charge in [-0.15, -0.1) is 0 Å². The van der Waals surface area contributed by atoms with Gasteiger partial charge in [0.1, 0.15) is 11.5 Å². The van der Waals surface area contributed by atoms with Gasteiger partial charge in [0.25, 0.3) is 5.91 Å². The number of ether oxygens (including phenoxy) is 3. The minimum Gasteiger partial charge on any atom is -0.497 e. The molecule has 6 heteroatoms. The van der Waals surface area contributed by atoms with Crippen LogP contribution in [0.4, 0.5) is 0 Å². The van der Waals surface area contributed by atoms with Crippen molar-refractivity contribution in [1.29, 1.82) is 0 Å². The molecule has 1 N–H and O–H groups in total. The number of aromatic nitrogens is 1. The molecule has 0 aliphatic rings. The summed E-state index contributed by atoms with van der Waals surface area (Å²) in [5.41, 5.74) is 1.63. The molecule has 2 rings (SSSR count). The van der Waals surface area contributed by atoms with Gasteiger partial charge in [-0.25, -0.2) is 0 Å². The molecule has 1 aromatic carbocycles. The molecule has 1 heterocycles. The topological polar surface area (TPSA) is 69.7 Å². The molecule has 0 atom stereocenters. The van der Waals surface area contributed by atoms with Crippen molar-refractivity contribution in [3.8, 4) is 11.5 Å². The van der Waals surface area contributed by atoms with Crippen LogP contribution in [0.15, 0.2) is 24.3 Å². The van der Waals surface area contributed by atoms with E-state index < -0.39 is 0 Å². The fraction of sp³-hybridized carbons (Fsp3) is 0.375. The molecule has 118 valence electrons. The van der Waals surface area contributed by atoms with Crippen LogP contribution in [0.3, 0.4) is 0 Å². The van der Waals surface area contributed by atoms with E-state index in [0.29, 0.717) is 24.7 Å². The Labute approximate surface area is 129 Å². The van der Waals surface area contributed by atoms with Crippen molar-refractivity contribution < 1.29 is 19.0 Å². The summed E-state index contributed by atoms with van der Waals surface area (Å²) in [5.74, 6) is 1.14. The van der Waals surface area contributed by atoms with Crippen LogP contribution in [0.5, 0.6) is 11.5 Å². The van der Waals surface area contributed by atoms with Crippen LogP contribution < -0.4 is 14.8 Å². The maximum absolute atomic E-state index is 11.7. The molecular formula is C16H20N2O4. The van der Waals surface area contributed by atoms with Gasteiger partial charge in [0.05, 0.1) is 19.2 Å². The Hall–Kier alpha value is -2.34. The molecule has 0 fully saturated rings. The third-order valence-corrected chi connectivity index (χ3v) is 3.09. The van der Waals surface area contributed by atoms with Crippen LogP contribution in [0.2, 0.25) is 0 Å². The van der Waals surface area contributed by atoms with Crippen LogP contribution in [0, 0.1) is 6.92 Å². The molecule has 1 amide bonds. The van der Waals surface area contributed by atoms with E-state index in [1.165, 1.54) is 0 Å². The van der Waals surface area contributed by atoms with Crippen LogP contribution in [-0.2, 0) is 9.53 Å². The monoisotopic (exact) mass is 304 g/mol. The summed E-state index contributed by atoms with van der Waals surface area (Å²) >= 11 is 0. The number of hydrogen-bond acceptors (Lipinski definition) is 5. The summed E-state index contributed by atoms with van der Waals surface area (Å²) in [6.45, 7) is 2.76. The summed E-state index contributed by atoms with van der Waals surface area (Å²) in [7, 11) is 3.19. The van der Waals surface area contributed by atoms with E-state index in [-0.39, 0.29) is 12.5 Å². The van der Waals surface area contributed by atoms with E-state index in [1.807, 2.05) is 31.2 Å². The summed E-state index contributed by atoms with van der Waals surface area (Å²) in [6, 6.07) is 7.37. The van der Waals surface area contributed by atoms with Crippen molar-refractivity contribution in [1.82, 2.24) is 10.3 Å². The molecular weight excluding hydrogens is 284 g/mol. The molecule has 0 unspecified atom stereocenters. The second-order valence-electron chi connectivity index (χ2n) is 4.78. The minimum atomic E-state index is -0.192. The van der Waals surface area contributed by atoms with Crippen LogP contribution in [0.25, 0.3) is 10.9 Å². The van der Waals surface area contributed by atoms with Crippen molar-refractivity contribution in [3.63, 3.8) is 0 Å². The molecule has 1 aromatic heterocycles. The Morgan fingerprint density at radius 2 is 2.09 bits per heavy atom. The van der Waals surface area contributed by atoms with Gasteiger partial charge in [-0.2, -0.15) is 0 Å². The Balaban J connectivity index is 2.14. The van der Waals surface area contributed by atoms with E-state index in [0.717, 1.165) is 16.6 Å². The van der Waals surface area contributed by atoms with Crippen molar-refractivity contribution in [2.45, 2.75) is 6.92 Å². The van der Waals surface area contributed by atoms with Crippen molar-refractivity contribution in [3.05, 3.63) is 30.0 Å². The molecule has 0 saturated carbocycles. The van der Waals surface area contributed by atoms with Gasteiger partial charge in [0.15, 0.2) is 6.61 Å². The quantitative estimate of drug-likeness (QED) is 0.788. The van der Waals surface area contributed by atoms with E-state index in [4.69, 9.17) is 14.2 Å². The number of carbonyl (C=O) groups is 1. The fourth-order valence-corrected chi connectivity index (χ4v) is 2.03. The van der Waals surface area contributed by atoms with Gasteiger partial charge in [-0.1, -0.05) is 0 Å². The largest absolute Gasteiger partial charge is 0.497 e. The Morgan fingerprint density at radius 1 is 1.27 bits per heavy atom. The van der Waals surface area contributed by atoms with Gasteiger partial charge in [-0.05, 0) is 25.1 Å². The highest BCUT2D eigenvalue weighted by Crippen LogP contribution is 2.28. The highest BCUT2D eigenvalue weighted by atomic mass is 16.5. The van der Waals surface area contributed by atoms with Crippen LogP contribution >= 0.6 is 0 Å². The summed E-state index contributed by atoms with van der Waals surface area (Å²) in [5, 5.41) is 3.52. The van der Waals surface area contributed by atoms with E-state index >= 15 is 0 Å². The van der Waals surface area contributed by atoms with Gasteiger partial charge < -0.3 is 19.5 Å². The highest BCUT2D eigenvalue weighted by molar-refractivity contribution is 5.87. The number of rotatable bonds is 7. The van der Waals surface area contributed by atoms with Crippen LogP contribution in [-0.4, -0.2) is 44.9 Å². The Bertz CT molecular complexity index is 658. The van der Waals surface area contributed by atoms with Crippen LogP contribution in [0.1, 0.15) is 5.69 Å². The third-order valence-electron chi connectivity index (χ3n) is 3.09. The number of amides is 1. The van der Waals surface area contributed by atoms with E-state index in [9.17, 15) is 4.79 Å². The number of pyridine rings is 1. The summed E-state index contributed by atoms with van der Waals surface area (Å²) < 4.78 is 15.7. The lowest BCUT2D eigenvalue weighted by Gasteiger charge is -2.11. The SMILES string of the molecule is COCCNC(=O)COc1cc(C)nc2ccc(OC)cc12. The predicted molar refractivity (Wildman–Crippen MR) is 83.4 cm³/mol. The number of nitrogens with one attached hydrogen (secondary N) is 1. The first kappa shape index (κ1) is 16.0. The summed E-state index contributed by atoms with van der Waals surface area (Å²) in [4.78, 5) is 16.2. The molecule has 0 saturated heterocycles. The van der Waals surface area contributed by atoms with E-state index in [1.54, 1.807) is 14.2 Å². The van der Waals surface area contributed by atoms with Crippen molar-refractivity contribution >= 4 is 16.8 Å². The first-order valence-electron chi connectivity index (χ1n) is 6.98. The lowest BCUT2D eigenvalue weighted by atomic mass is 10.1. The zero-order chi connectivity index (χ0) is 15.9. The number of fused-ring (bicyclic) bond motifs is 1. The Kier molecular flexibility index (Phi) is 5.55. The first-order valence-corrected chi connectivity index (χ1v) is 6.98. The number of methoxy groups -OCH3 is 2. The number of nitrogens with zero attached hydrogens (tertiary/aromatic N) is 1. The Morgan fingerprint density at radius 3 is 2.82 bits per heavy atom. The fourth-order valence-electron chi connectivity index (χ4n) is 2.03. The first-order chi connectivity index (χ1) is 10.6. The average Bonchev–Trinajstić information content (AvgIpc) is 2.52. The van der Waals surface area contributed by atoms with Gasteiger partial charge in [0, 0.05) is 30.8 Å². The normalized spacial score (nSPS) is 10.5. The maximum atomic E-state index is 11.7. The number of aryl methyl sites for hydroxylation is 1. The maximum Gasteiger partial charge on any atom is 0.258 e. The second-order valence-corrected chi connectivity index (χ2v) is 4.78. The zero-order valence-corrected chi connectivity index (χ0v) is 13.0. The molecule has 2 aromatic rings. The smallest absolute Gasteiger partial charge is 0.258 e. The second kappa shape index (κ2) is 7.61. The molecule has 0 bridgehead atoms.